The average molecular weight is 370 g/mol. The highest BCUT2D eigenvalue weighted by atomic mass is 35.5. The Morgan fingerprint density at radius 1 is 1.24 bits per heavy atom. The van der Waals surface area contributed by atoms with Gasteiger partial charge in [0, 0.05) is 33.2 Å². The maximum atomic E-state index is 12.8. The third-order valence-electron chi connectivity index (χ3n) is 4.34. The number of amides is 2. The molecule has 3 N–H and O–H groups in total. The van der Waals surface area contributed by atoms with Crippen LogP contribution in [-0.4, -0.2) is 55.6 Å². The normalized spacial score (nSPS) is 16.0. The molecule has 2 rings (SSSR count). The third kappa shape index (κ3) is 6.65. The number of benzene rings is 1. The van der Waals surface area contributed by atoms with Gasteiger partial charge in [0.15, 0.2) is 0 Å². The molecule has 0 aromatic heterocycles. The van der Waals surface area contributed by atoms with Crippen LogP contribution in [-0.2, 0) is 20.7 Å². The Hall–Kier alpha value is -1.63. The minimum Gasteiger partial charge on any atom is -0.380 e. The number of carbonyl (C=O) groups is 2. The standard InChI is InChI=1S/C18H27N3O3.ClH/c1-24-15(13-19)12-17(22)20-16(11-14-7-3-2-4-8-14)18(23)21-9-5-6-10-21;/h2-4,7-8,15-16H,5-6,9-13,19H2,1H3,(H,20,22);1H. The van der Waals surface area contributed by atoms with Crippen LogP contribution in [0.15, 0.2) is 30.3 Å². The van der Waals surface area contributed by atoms with Crippen molar-refractivity contribution in [3.63, 3.8) is 0 Å². The van der Waals surface area contributed by atoms with E-state index in [9.17, 15) is 9.59 Å². The summed E-state index contributed by atoms with van der Waals surface area (Å²) in [5, 5.41) is 2.88. The number of nitrogens with two attached hydrogens (primary N) is 1. The molecular weight excluding hydrogens is 342 g/mol. The van der Waals surface area contributed by atoms with Gasteiger partial charge in [0.1, 0.15) is 6.04 Å². The molecule has 7 heteroatoms. The van der Waals surface area contributed by atoms with Gasteiger partial charge >= 0.3 is 0 Å². The van der Waals surface area contributed by atoms with E-state index in [1.165, 1.54) is 7.11 Å². The molecule has 2 unspecified atom stereocenters. The van der Waals surface area contributed by atoms with Crippen molar-refractivity contribution in [2.75, 3.05) is 26.7 Å². The molecule has 1 fully saturated rings. The van der Waals surface area contributed by atoms with Crippen molar-refractivity contribution in [3.05, 3.63) is 35.9 Å². The van der Waals surface area contributed by atoms with Crippen molar-refractivity contribution < 1.29 is 14.3 Å². The Morgan fingerprint density at radius 2 is 1.88 bits per heavy atom. The van der Waals surface area contributed by atoms with Crippen LogP contribution in [0, 0.1) is 0 Å². The largest absolute Gasteiger partial charge is 0.380 e. The second-order valence-corrected chi connectivity index (χ2v) is 6.14. The minimum absolute atomic E-state index is 0. The van der Waals surface area contributed by atoms with Crippen molar-refractivity contribution in [3.8, 4) is 0 Å². The van der Waals surface area contributed by atoms with Crippen LogP contribution in [0.2, 0.25) is 0 Å². The quantitative estimate of drug-likeness (QED) is 0.719. The Kier molecular flexibility index (Phi) is 9.49. The highest BCUT2D eigenvalue weighted by molar-refractivity contribution is 5.88. The van der Waals surface area contributed by atoms with Crippen LogP contribution in [0.1, 0.15) is 24.8 Å². The number of hydrogen-bond acceptors (Lipinski definition) is 4. The average Bonchev–Trinajstić information content (AvgIpc) is 3.14. The topological polar surface area (TPSA) is 84.7 Å². The Balaban J connectivity index is 0.00000312. The van der Waals surface area contributed by atoms with E-state index in [0.29, 0.717) is 6.42 Å². The monoisotopic (exact) mass is 369 g/mol. The Morgan fingerprint density at radius 3 is 2.44 bits per heavy atom. The highest BCUT2D eigenvalue weighted by Gasteiger charge is 2.28. The lowest BCUT2D eigenvalue weighted by Crippen LogP contribution is -2.49. The number of nitrogens with zero attached hydrogens (tertiary/aromatic N) is 1. The number of rotatable bonds is 8. The molecule has 0 bridgehead atoms. The van der Waals surface area contributed by atoms with Crippen LogP contribution < -0.4 is 11.1 Å². The van der Waals surface area contributed by atoms with Gasteiger partial charge in [0.05, 0.1) is 12.5 Å². The molecule has 1 heterocycles. The third-order valence-corrected chi connectivity index (χ3v) is 4.34. The van der Waals surface area contributed by atoms with E-state index in [4.69, 9.17) is 10.5 Å². The fraction of sp³-hybridized carbons (Fsp3) is 0.556. The predicted octanol–water partition coefficient (Wildman–Crippen LogP) is 1.12. The van der Waals surface area contributed by atoms with Gasteiger partial charge in [-0.25, -0.2) is 0 Å². The SMILES string of the molecule is COC(CN)CC(=O)NC(Cc1ccccc1)C(=O)N1CCCC1.Cl. The Labute approximate surface area is 155 Å². The molecule has 0 spiro atoms. The van der Waals surface area contributed by atoms with Crippen LogP contribution in [0.4, 0.5) is 0 Å². The summed E-state index contributed by atoms with van der Waals surface area (Å²) in [6, 6.07) is 9.19. The van der Waals surface area contributed by atoms with Crippen LogP contribution >= 0.6 is 12.4 Å². The maximum absolute atomic E-state index is 12.8. The summed E-state index contributed by atoms with van der Waals surface area (Å²) in [7, 11) is 1.53. The van der Waals surface area contributed by atoms with Gasteiger partial charge in [0.2, 0.25) is 11.8 Å². The molecule has 6 nitrogen and oxygen atoms in total. The van der Waals surface area contributed by atoms with Crippen LogP contribution in [0.5, 0.6) is 0 Å². The zero-order valence-corrected chi connectivity index (χ0v) is 15.5. The van der Waals surface area contributed by atoms with E-state index in [1.54, 1.807) is 0 Å². The van der Waals surface area contributed by atoms with Gasteiger partial charge in [-0.3, -0.25) is 9.59 Å². The predicted molar refractivity (Wildman–Crippen MR) is 99.6 cm³/mol. The molecule has 1 aliphatic heterocycles. The van der Waals surface area contributed by atoms with E-state index < -0.39 is 6.04 Å². The maximum Gasteiger partial charge on any atom is 0.245 e. The van der Waals surface area contributed by atoms with Crippen molar-refractivity contribution in [1.29, 1.82) is 0 Å². The molecule has 1 aliphatic rings. The van der Waals surface area contributed by atoms with Crippen molar-refractivity contribution in [2.45, 2.75) is 37.8 Å². The number of methoxy groups -OCH3 is 1. The first-order valence-electron chi connectivity index (χ1n) is 8.49. The number of likely N-dealkylation sites (tertiary alicyclic amines) is 1. The molecule has 2 amide bonds. The van der Waals surface area contributed by atoms with Gasteiger partial charge in [0.25, 0.3) is 0 Å². The number of ether oxygens (including phenoxy) is 1. The van der Waals surface area contributed by atoms with E-state index in [-0.39, 0.29) is 43.3 Å². The second-order valence-electron chi connectivity index (χ2n) is 6.14. The molecule has 140 valence electrons. The molecular formula is C18H28ClN3O3. The number of nitrogens with one attached hydrogen (secondary N) is 1. The summed E-state index contributed by atoms with van der Waals surface area (Å²) in [6.07, 6.45) is 2.37. The lowest BCUT2D eigenvalue weighted by molar-refractivity contribution is -0.136. The lowest BCUT2D eigenvalue weighted by atomic mass is 10.0. The van der Waals surface area contributed by atoms with Gasteiger partial charge in [-0.2, -0.15) is 0 Å². The first-order valence-corrected chi connectivity index (χ1v) is 8.49. The molecule has 1 aromatic rings. The lowest BCUT2D eigenvalue weighted by Gasteiger charge is -2.25. The van der Waals surface area contributed by atoms with E-state index in [2.05, 4.69) is 5.32 Å². The molecule has 0 radical (unpaired) electrons. The number of carbonyl (C=O) groups excluding carboxylic acids is 2. The summed E-state index contributed by atoms with van der Waals surface area (Å²) in [5.74, 6) is -0.216. The molecule has 2 atom stereocenters. The summed E-state index contributed by atoms with van der Waals surface area (Å²) < 4.78 is 5.15. The number of hydrogen-bond donors (Lipinski definition) is 2. The first kappa shape index (κ1) is 21.4. The van der Waals surface area contributed by atoms with Crippen molar-refractivity contribution in [2.24, 2.45) is 5.73 Å². The van der Waals surface area contributed by atoms with E-state index >= 15 is 0 Å². The Bertz CT molecular complexity index is 532. The highest BCUT2D eigenvalue weighted by Crippen LogP contribution is 2.12. The van der Waals surface area contributed by atoms with Gasteiger partial charge < -0.3 is 20.7 Å². The van der Waals surface area contributed by atoms with Gasteiger partial charge in [-0.05, 0) is 18.4 Å². The smallest absolute Gasteiger partial charge is 0.245 e. The van der Waals surface area contributed by atoms with Crippen LogP contribution in [0.25, 0.3) is 0 Å². The van der Waals surface area contributed by atoms with Crippen LogP contribution in [0.3, 0.4) is 0 Å². The second kappa shape index (κ2) is 11.1. The van der Waals surface area contributed by atoms with Crippen molar-refractivity contribution >= 4 is 24.2 Å². The van der Waals surface area contributed by atoms with E-state index in [0.717, 1.165) is 31.5 Å². The molecule has 0 aliphatic carbocycles. The zero-order chi connectivity index (χ0) is 17.4. The first-order chi connectivity index (χ1) is 11.6. The van der Waals surface area contributed by atoms with Gasteiger partial charge in [-0.15, -0.1) is 12.4 Å². The minimum atomic E-state index is -0.548. The summed E-state index contributed by atoms with van der Waals surface area (Å²) in [6.45, 7) is 1.81. The zero-order valence-electron chi connectivity index (χ0n) is 14.6. The molecule has 25 heavy (non-hydrogen) atoms. The molecule has 1 aromatic carbocycles. The molecule has 0 saturated carbocycles. The fourth-order valence-electron chi connectivity index (χ4n) is 2.93. The van der Waals surface area contributed by atoms with Gasteiger partial charge in [-0.1, -0.05) is 30.3 Å². The summed E-state index contributed by atoms with van der Waals surface area (Å²) >= 11 is 0. The van der Waals surface area contributed by atoms with Crippen molar-refractivity contribution in [1.82, 2.24) is 10.2 Å². The van der Waals surface area contributed by atoms with E-state index in [1.807, 2.05) is 35.2 Å². The fourth-order valence-corrected chi connectivity index (χ4v) is 2.93. The summed E-state index contributed by atoms with van der Waals surface area (Å²) in [4.78, 5) is 26.9. The number of halogens is 1. The summed E-state index contributed by atoms with van der Waals surface area (Å²) in [5.41, 5.74) is 6.59. The molecule has 1 saturated heterocycles.